The zero-order valence-electron chi connectivity index (χ0n) is 15.9. The summed E-state index contributed by atoms with van der Waals surface area (Å²) in [5.41, 5.74) is 2.33. The van der Waals surface area contributed by atoms with Crippen LogP contribution in [-0.4, -0.2) is 35.2 Å². The summed E-state index contributed by atoms with van der Waals surface area (Å²) in [7, 11) is 2.04. The Morgan fingerprint density at radius 3 is 2.33 bits per heavy atom. The average molecular weight is 331 g/mol. The molecule has 0 aliphatic rings. The molecule has 5 heteroatoms. The summed E-state index contributed by atoms with van der Waals surface area (Å²) in [6.45, 7) is 13.9. The molecule has 0 saturated heterocycles. The van der Waals surface area contributed by atoms with Crippen LogP contribution in [0.1, 0.15) is 56.6 Å². The highest BCUT2D eigenvalue weighted by atomic mass is 16.5. The van der Waals surface area contributed by atoms with Gasteiger partial charge in [-0.3, -0.25) is 4.90 Å². The van der Waals surface area contributed by atoms with Crippen molar-refractivity contribution in [3.8, 4) is 5.75 Å². The van der Waals surface area contributed by atoms with Crippen molar-refractivity contribution in [1.29, 1.82) is 0 Å². The second-order valence-electron chi connectivity index (χ2n) is 7.53. The van der Waals surface area contributed by atoms with E-state index < -0.39 is 0 Å². The molecule has 0 radical (unpaired) electrons. The molecule has 24 heavy (non-hydrogen) atoms. The van der Waals surface area contributed by atoms with Crippen molar-refractivity contribution in [2.24, 2.45) is 0 Å². The molecule has 132 valence electrons. The highest BCUT2D eigenvalue weighted by Crippen LogP contribution is 2.23. The Morgan fingerprint density at radius 1 is 1.17 bits per heavy atom. The van der Waals surface area contributed by atoms with Crippen LogP contribution in [-0.2, 0) is 5.41 Å². The smallest absolute Gasteiger partial charge is 0.243 e. The number of ether oxygens (including phenoxy) is 1. The molecule has 0 bridgehead atoms. The zero-order valence-corrected chi connectivity index (χ0v) is 15.9. The number of aryl methyl sites for hydroxylation is 2. The quantitative estimate of drug-likeness (QED) is 0.799. The van der Waals surface area contributed by atoms with Crippen molar-refractivity contribution in [2.45, 2.75) is 53.0 Å². The maximum Gasteiger partial charge on any atom is 0.243 e. The first kappa shape index (κ1) is 18.5. The van der Waals surface area contributed by atoms with Crippen molar-refractivity contribution < 1.29 is 9.26 Å². The topological polar surface area (TPSA) is 51.4 Å². The molecule has 1 aromatic carbocycles. The van der Waals surface area contributed by atoms with Gasteiger partial charge in [0, 0.05) is 12.0 Å². The Bertz CT molecular complexity index is 653. The normalized spacial score (nSPS) is 13.3. The average Bonchev–Trinajstić information content (AvgIpc) is 2.95. The van der Waals surface area contributed by atoms with E-state index in [0.717, 1.165) is 18.1 Å². The molecule has 1 aromatic heterocycles. The summed E-state index contributed by atoms with van der Waals surface area (Å²) in [6, 6.07) is 6.31. The fourth-order valence-electron chi connectivity index (χ4n) is 2.42. The molecule has 0 spiro atoms. The first-order chi connectivity index (χ1) is 11.2. The summed E-state index contributed by atoms with van der Waals surface area (Å²) in [6.07, 6.45) is 0. The van der Waals surface area contributed by atoms with Crippen LogP contribution >= 0.6 is 0 Å². The van der Waals surface area contributed by atoms with Crippen LogP contribution in [0.4, 0.5) is 0 Å². The molecular formula is C19H29N3O2. The van der Waals surface area contributed by atoms with E-state index in [2.05, 4.69) is 74.8 Å². The van der Waals surface area contributed by atoms with Crippen molar-refractivity contribution in [3.63, 3.8) is 0 Å². The molecule has 2 aromatic rings. The van der Waals surface area contributed by atoms with Crippen LogP contribution < -0.4 is 4.74 Å². The summed E-state index contributed by atoms with van der Waals surface area (Å²) >= 11 is 0. The second-order valence-corrected chi connectivity index (χ2v) is 7.53. The van der Waals surface area contributed by atoms with Crippen LogP contribution in [0.15, 0.2) is 22.7 Å². The van der Waals surface area contributed by atoms with Gasteiger partial charge in [-0.15, -0.1) is 0 Å². The Kier molecular flexibility index (Phi) is 5.65. The molecule has 0 amide bonds. The van der Waals surface area contributed by atoms with E-state index in [1.165, 1.54) is 11.1 Å². The van der Waals surface area contributed by atoms with Gasteiger partial charge >= 0.3 is 0 Å². The van der Waals surface area contributed by atoms with Gasteiger partial charge in [-0.2, -0.15) is 4.98 Å². The molecule has 0 N–H and O–H groups in total. The number of likely N-dealkylation sites (N-methyl/N-ethyl adjacent to an activating group) is 1. The molecule has 5 nitrogen and oxygen atoms in total. The summed E-state index contributed by atoms with van der Waals surface area (Å²) in [4.78, 5) is 6.69. The number of benzene rings is 1. The second kappa shape index (κ2) is 7.34. The summed E-state index contributed by atoms with van der Waals surface area (Å²) in [5, 5.41) is 4.09. The molecule has 0 saturated carbocycles. The number of hydrogen-bond donors (Lipinski definition) is 0. The zero-order chi connectivity index (χ0) is 17.9. The van der Waals surface area contributed by atoms with Gasteiger partial charge in [-0.05, 0) is 51.1 Å². The molecular weight excluding hydrogens is 302 g/mol. The van der Waals surface area contributed by atoms with Crippen LogP contribution in [0.25, 0.3) is 0 Å². The number of hydrogen-bond acceptors (Lipinski definition) is 5. The minimum atomic E-state index is -0.105. The van der Waals surface area contributed by atoms with Crippen LogP contribution in [0.2, 0.25) is 0 Å². The highest BCUT2D eigenvalue weighted by Gasteiger charge is 2.24. The Labute approximate surface area is 145 Å². The number of rotatable bonds is 6. The lowest BCUT2D eigenvalue weighted by molar-refractivity contribution is 0.173. The maximum atomic E-state index is 5.88. The van der Waals surface area contributed by atoms with Crippen molar-refractivity contribution >= 4 is 0 Å². The van der Waals surface area contributed by atoms with E-state index in [1.54, 1.807) is 0 Å². The predicted octanol–water partition coefficient (Wildman–Crippen LogP) is 4.06. The molecule has 1 heterocycles. The lowest BCUT2D eigenvalue weighted by atomic mass is 9.96. The lowest BCUT2D eigenvalue weighted by Crippen LogP contribution is -2.27. The predicted molar refractivity (Wildman–Crippen MR) is 95.5 cm³/mol. The van der Waals surface area contributed by atoms with Gasteiger partial charge in [0.05, 0.1) is 6.04 Å². The SMILES string of the molecule is Cc1cc(C)cc(OCCN(C)C(C)c2nc(C(C)(C)C)no2)c1. The third-order valence-electron chi connectivity index (χ3n) is 4.04. The first-order valence-corrected chi connectivity index (χ1v) is 8.42. The van der Waals surface area contributed by atoms with E-state index in [0.29, 0.717) is 12.5 Å². The number of nitrogens with zero attached hydrogens (tertiary/aromatic N) is 3. The van der Waals surface area contributed by atoms with E-state index in [9.17, 15) is 0 Å². The van der Waals surface area contributed by atoms with E-state index in [1.807, 2.05) is 7.05 Å². The fraction of sp³-hybridized carbons (Fsp3) is 0.579. The maximum absolute atomic E-state index is 5.88. The van der Waals surface area contributed by atoms with Crippen molar-refractivity contribution in [1.82, 2.24) is 15.0 Å². The van der Waals surface area contributed by atoms with E-state index in [-0.39, 0.29) is 11.5 Å². The van der Waals surface area contributed by atoms with Gasteiger partial charge in [0.15, 0.2) is 5.82 Å². The molecule has 0 fully saturated rings. The monoisotopic (exact) mass is 331 g/mol. The van der Waals surface area contributed by atoms with Crippen LogP contribution in [0.5, 0.6) is 5.75 Å². The van der Waals surface area contributed by atoms with Gasteiger partial charge in [-0.1, -0.05) is 32.0 Å². The van der Waals surface area contributed by atoms with Crippen molar-refractivity contribution in [2.75, 3.05) is 20.2 Å². The highest BCUT2D eigenvalue weighted by molar-refractivity contribution is 5.32. The van der Waals surface area contributed by atoms with Gasteiger partial charge < -0.3 is 9.26 Å². The molecule has 0 aliphatic heterocycles. The minimum absolute atomic E-state index is 0.0523. The largest absolute Gasteiger partial charge is 0.492 e. The molecule has 2 rings (SSSR count). The standard InChI is InChI=1S/C19H29N3O2/c1-13-10-14(2)12-16(11-13)23-9-8-22(7)15(3)17-20-18(21-24-17)19(4,5)6/h10-12,15H,8-9H2,1-7H3. The third-order valence-corrected chi connectivity index (χ3v) is 4.04. The fourth-order valence-corrected chi connectivity index (χ4v) is 2.42. The molecule has 1 atom stereocenters. The number of aromatic nitrogens is 2. The summed E-state index contributed by atoms with van der Waals surface area (Å²) < 4.78 is 11.3. The summed E-state index contributed by atoms with van der Waals surface area (Å²) in [5.74, 6) is 2.31. The van der Waals surface area contributed by atoms with Crippen LogP contribution in [0.3, 0.4) is 0 Å². The Morgan fingerprint density at radius 2 is 1.79 bits per heavy atom. The van der Waals surface area contributed by atoms with Gasteiger partial charge in [0.2, 0.25) is 5.89 Å². The van der Waals surface area contributed by atoms with E-state index >= 15 is 0 Å². The van der Waals surface area contributed by atoms with Crippen molar-refractivity contribution in [3.05, 3.63) is 41.0 Å². The Hall–Kier alpha value is -1.88. The minimum Gasteiger partial charge on any atom is -0.492 e. The van der Waals surface area contributed by atoms with Crippen LogP contribution in [0, 0.1) is 13.8 Å². The Balaban J connectivity index is 1.89. The molecule has 0 aliphatic carbocycles. The third kappa shape index (κ3) is 4.81. The van der Waals surface area contributed by atoms with Gasteiger partial charge in [0.1, 0.15) is 12.4 Å². The first-order valence-electron chi connectivity index (χ1n) is 8.42. The lowest BCUT2D eigenvalue weighted by Gasteiger charge is -2.21. The molecule has 1 unspecified atom stereocenters. The van der Waals surface area contributed by atoms with Gasteiger partial charge in [-0.25, -0.2) is 0 Å². The van der Waals surface area contributed by atoms with Gasteiger partial charge in [0.25, 0.3) is 0 Å². The van der Waals surface area contributed by atoms with E-state index in [4.69, 9.17) is 9.26 Å².